The Morgan fingerprint density at radius 2 is 1.62 bits per heavy atom. The average Bonchev–Trinajstić information content (AvgIpc) is 3.41. The molecule has 0 atom stereocenters. The minimum atomic E-state index is -3.00. The third kappa shape index (κ3) is 6.64. The van der Waals surface area contributed by atoms with Gasteiger partial charge >= 0.3 is 6.03 Å². The number of pyridine rings is 1. The molecule has 2 aromatic carbocycles. The molecule has 2 aromatic heterocycles. The monoisotopic (exact) mass is 656 g/mol. The number of aromatic nitrogens is 2. The fourth-order valence-electron chi connectivity index (χ4n) is 6.74. The summed E-state index contributed by atoms with van der Waals surface area (Å²) in [5.41, 5.74) is 8.37. The number of hydrogen-bond donors (Lipinski definition) is 2. The zero-order chi connectivity index (χ0) is 33.7. The summed E-state index contributed by atoms with van der Waals surface area (Å²) < 4.78 is 24.0. The summed E-state index contributed by atoms with van der Waals surface area (Å²) in [7, 11) is -1.20. The Morgan fingerprint density at radius 1 is 1.00 bits per heavy atom. The number of nitrogens with one attached hydrogen (secondary N) is 2. The number of benzene rings is 2. The first-order valence-electron chi connectivity index (χ1n) is 16.1. The second kappa shape index (κ2) is 12.4. The number of H-pyrrole nitrogens is 1. The number of carbonyl (C=O) groups excluding carboxylic acids is 2. The molecule has 0 saturated carbocycles. The van der Waals surface area contributed by atoms with Gasteiger partial charge in [0.2, 0.25) is 5.91 Å². The largest absolute Gasteiger partial charge is 0.352 e. The number of rotatable bonds is 7. The number of likely N-dealkylation sites (tertiary alicyclic amines) is 1. The predicted octanol–water partition coefficient (Wildman–Crippen LogP) is 5.71. The topological polar surface area (TPSA) is 119 Å². The van der Waals surface area contributed by atoms with Crippen molar-refractivity contribution in [2.24, 2.45) is 0 Å². The van der Waals surface area contributed by atoms with Crippen molar-refractivity contribution in [2.45, 2.75) is 71.0 Å². The van der Waals surface area contributed by atoms with Crippen LogP contribution in [0.5, 0.6) is 0 Å². The summed E-state index contributed by atoms with van der Waals surface area (Å²) in [6.45, 7) is 10.9. The van der Waals surface area contributed by atoms with E-state index in [0.29, 0.717) is 25.9 Å². The molecule has 0 aliphatic carbocycles. The van der Waals surface area contributed by atoms with Crippen molar-refractivity contribution in [3.63, 3.8) is 0 Å². The molecule has 0 spiro atoms. The lowest BCUT2D eigenvalue weighted by Crippen LogP contribution is -2.53. The van der Waals surface area contributed by atoms with E-state index >= 15 is 0 Å². The zero-order valence-corrected chi connectivity index (χ0v) is 28.9. The number of aromatic amines is 1. The zero-order valence-electron chi connectivity index (χ0n) is 28.1. The van der Waals surface area contributed by atoms with Gasteiger partial charge in [0.1, 0.15) is 15.5 Å². The molecule has 10 nitrogen and oxygen atoms in total. The third-order valence-corrected chi connectivity index (χ3v) is 11.2. The number of nitrogens with zero attached hydrogens (tertiary/aromatic N) is 4. The van der Waals surface area contributed by atoms with Crippen LogP contribution in [0.3, 0.4) is 0 Å². The van der Waals surface area contributed by atoms with E-state index in [-0.39, 0.29) is 22.7 Å². The first-order chi connectivity index (χ1) is 22.2. The summed E-state index contributed by atoms with van der Waals surface area (Å²) in [6.07, 6.45) is 4.47. The van der Waals surface area contributed by atoms with Crippen LogP contribution in [0, 0.1) is 0 Å². The Kier molecular flexibility index (Phi) is 8.65. The summed E-state index contributed by atoms with van der Waals surface area (Å²) in [6, 6.07) is 16.7. The molecule has 1 saturated heterocycles. The number of piperidine rings is 1. The van der Waals surface area contributed by atoms with Crippen molar-refractivity contribution in [3.8, 4) is 22.4 Å². The molecule has 0 bridgehead atoms. The van der Waals surface area contributed by atoms with Crippen LogP contribution < -0.4 is 10.2 Å². The van der Waals surface area contributed by atoms with Crippen molar-refractivity contribution in [1.82, 2.24) is 25.1 Å². The van der Waals surface area contributed by atoms with E-state index < -0.39 is 9.84 Å². The lowest BCUT2D eigenvalue weighted by molar-refractivity contribution is -0.119. The quantitative estimate of drug-likeness (QED) is 0.263. The molecule has 2 aliphatic rings. The average molecular weight is 657 g/mol. The van der Waals surface area contributed by atoms with Gasteiger partial charge in [0, 0.05) is 55.4 Å². The smallest absolute Gasteiger partial charge is 0.325 e. The van der Waals surface area contributed by atoms with Crippen molar-refractivity contribution >= 4 is 38.5 Å². The Bertz CT molecular complexity index is 1920. The molecule has 3 amide bonds. The van der Waals surface area contributed by atoms with Crippen LogP contribution in [0.4, 0.5) is 10.5 Å². The normalized spacial score (nSPS) is 16.5. The number of sulfone groups is 1. The number of fused-ring (bicyclic) bond motifs is 3. The van der Waals surface area contributed by atoms with Gasteiger partial charge in [0.05, 0.1) is 29.4 Å². The van der Waals surface area contributed by atoms with Crippen molar-refractivity contribution in [2.75, 3.05) is 31.3 Å². The summed E-state index contributed by atoms with van der Waals surface area (Å²) in [5.74, 6) is -0.0744. The highest BCUT2D eigenvalue weighted by Gasteiger charge is 2.37. The van der Waals surface area contributed by atoms with Crippen molar-refractivity contribution < 1.29 is 18.0 Å². The molecule has 0 unspecified atom stereocenters. The highest BCUT2D eigenvalue weighted by molar-refractivity contribution is 7.91. The van der Waals surface area contributed by atoms with Gasteiger partial charge in [0.25, 0.3) is 0 Å². The minimum absolute atomic E-state index is 0.0538. The van der Waals surface area contributed by atoms with Gasteiger partial charge in [-0.25, -0.2) is 18.2 Å². The molecule has 4 aromatic rings. The predicted molar refractivity (Wildman–Crippen MR) is 187 cm³/mol. The highest BCUT2D eigenvalue weighted by Crippen LogP contribution is 2.44. The Labute approximate surface area is 277 Å². The number of hydrogen-bond acceptors (Lipinski definition) is 6. The van der Waals surface area contributed by atoms with Crippen LogP contribution >= 0.6 is 0 Å². The molecule has 2 N–H and O–H groups in total. The SMILES string of the molecule is CC(=O)NCc1ccc(-c2c(-c3ccc(CN4CCC(S(C)(=O)=O)CC4)cc3)[nH]c3ncc4c(c23)CN(C(C)(C)C)C(=O)N4C)cc1. The molecule has 248 valence electrons. The Morgan fingerprint density at radius 3 is 2.21 bits per heavy atom. The molecule has 1 fully saturated rings. The van der Waals surface area contributed by atoms with Gasteiger partial charge in [0.15, 0.2) is 0 Å². The highest BCUT2D eigenvalue weighted by atomic mass is 32.2. The lowest BCUT2D eigenvalue weighted by Gasteiger charge is -2.42. The lowest BCUT2D eigenvalue weighted by atomic mass is 9.93. The maximum Gasteiger partial charge on any atom is 0.325 e. The molecule has 47 heavy (non-hydrogen) atoms. The number of anilines is 1. The van der Waals surface area contributed by atoms with E-state index in [0.717, 1.165) is 69.9 Å². The summed E-state index contributed by atoms with van der Waals surface area (Å²) >= 11 is 0. The maximum atomic E-state index is 13.4. The van der Waals surface area contributed by atoms with E-state index in [1.54, 1.807) is 18.1 Å². The maximum absolute atomic E-state index is 13.4. The van der Waals surface area contributed by atoms with Gasteiger partial charge < -0.3 is 15.2 Å². The van der Waals surface area contributed by atoms with Crippen LogP contribution in [0.15, 0.2) is 54.7 Å². The van der Waals surface area contributed by atoms with E-state index in [1.807, 2.05) is 17.0 Å². The standard InChI is InChI=1S/C36H44N6O4S/c1-23(43)37-19-24-7-11-26(12-8-24)31-32-29-22-42(36(2,3)4)35(44)40(5)30(29)20-38-34(32)39-33(31)27-13-9-25(10-14-27)21-41-17-15-28(16-18-41)47(6,45)46/h7-14,20,28H,15-19,21-22H2,1-6H3,(H,37,43)(H,38,39). The van der Waals surface area contributed by atoms with E-state index in [4.69, 9.17) is 4.98 Å². The molecular formula is C36H44N6O4S. The van der Waals surface area contributed by atoms with Gasteiger partial charge in [-0.2, -0.15) is 0 Å². The molecular weight excluding hydrogens is 613 g/mol. The summed E-state index contributed by atoms with van der Waals surface area (Å²) in [5, 5.41) is 3.61. The molecule has 11 heteroatoms. The van der Waals surface area contributed by atoms with Crippen molar-refractivity contribution in [3.05, 3.63) is 71.4 Å². The molecule has 2 aliphatic heterocycles. The van der Waals surface area contributed by atoms with E-state index in [2.05, 4.69) is 72.4 Å². The van der Waals surface area contributed by atoms with Gasteiger partial charge in [-0.3, -0.25) is 14.6 Å². The first-order valence-corrected chi connectivity index (χ1v) is 18.1. The second-order valence-corrected chi connectivity index (χ2v) is 16.3. The van der Waals surface area contributed by atoms with Crippen LogP contribution in [-0.2, 0) is 34.3 Å². The van der Waals surface area contributed by atoms with Gasteiger partial charge in [-0.15, -0.1) is 0 Å². The third-order valence-electron chi connectivity index (χ3n) is 9.49. The van der Waals surface area contributed by atoms with E-state index in [9.17, 15) is 18.0 Å². The first kappa shape index (κ1) is 32.7. The summed E-state index contributed by atoms with van der Waals surface area (Å²) in [4.78, 5) is 39.3. The van der Waals surface area contributed by atoms with Crippen LogP contribution in [0.2, 0.25) is 0 Å². The molecule has 0 radical (unpaired) electrons. The Hall–Kier alpha value is -4.22. The van der Waals surface area contributed by atoms with Crippen LogP contribution in [-0.4, -0.2) is 77.3 Å². The fourth-order valence-corrected chi connectivity index (χ4v) is 7.81. The molecule has 6 rings (SSSR count). The number of carbonyl (C=O) groups is 2. The van der Waals surface area contributed by atoms with Gasteiger partial charge in [-0.1, -0.05) is 48.5 Å². The fraction of sp³-hybridized carbons (Fsp3) is 0.417. The molecule has 4 heterocycles. The number of urea groups is 1. The number of amides is 3. The van der Waals surface area contributed by atoms with Crippen molar-refractivity contribution in [1.29, 1.82) is 0 Å². The van der Waals surface area contributed by atoms with Crippen LogP contribution in [0.1, 0.15) is 57.2 Å². The minimum Gasteiger partial charge on any atom is -0.352 e. The van der Waals surface area contributed by atoms with Gasteiger partial charge in [-0.05, 0) is 69.0 Å². The Balaban J connectivity index is 1.40. The second-order valence-electron chi connectivity index (χ2n) is 13.9. The van der Waals surface area contributed by atoms with E-state index in [1.165, 1.54) is 18.7 Å². The van der Waals surface area contributed by atoms with Crippen LogP contribution in [0.25, 0.3) is 33.4 Å².